The summed E-state index contributed by atoms with van der Waals surface area (Å²) in [5.41, 5.74) is 7.19. The van der Waals surface area contributed by atoms with Crippen molar-refractivity contribution in [2.24, 2.45) is 10.8 Å². The van der Waals surface area contributed by atoms with Crippen LogP contribution in [0.15, 0.2) is 35.4 Å². The summed E-state index contributed by atoms with van der Waals surface area (Å²) in [4.78, 5) is 21.6. The summed E-state index contributed by atoms with van der Waals surface area (Å²) in [5, 5.41) is 3.41. The third-order valence-corrected chi connectivity index (χ3v) is 1.56. The number of hydrazone groups is 1. The fourth-order valence-electron chi connectivity index (χ4n) is 0.917. The van der Waals surface area contributed by atoms with E-state index in [4.69, 9.17) is 10.5 Å². The van der Waals surface area contributed by atoms with Crippen molar-refractivity contribution in [2.45, 2.75) is 0 Å². The number of nitrogens with zero attached hydrogens (tertiary/aromatic N) is 1. The summed E-state index contributed by atoms with van der Waals surface area (Å²) in [6, 6.07) is 7.78. The highest BCUT2D eigenvalue weighted by Gasteiger charge is 2.03. The van der Waals surface area contributed by atoms with Gasteiger partial charge >= 0.3 is 12.0 Å². The number of rotatable bonds is 4. The number of hydrogen-bond donors (Lipinski definition) is 2. The molecule has 0 bridgehead atoms. The van der Waals surface area contributed by atoms with Crippen LogP contribution in [0.4, 0.5) is 4.79 Å². The molecule has 1 aromatic rings. The molecule has 0 aliphatic rings. The van der Waals surface area contributed by atoms with Crippen molar-refractivity contribution >= 4 is 18.2 Å². The third kappa shape index (κ3) is 4.23. The number of ether oxygens (including phenoxy) is 1. The number of esters is 1. The Morgan fingerprint density at radius 1 is 1.38 bits per heavy atom. The summed E-state index contributed by atoms with van der Waals surface area (Å²) < 4.78 is 4.83. The Morgan fingerprint density at radius 2 is 2.06 bits per heavy atom. The van der Waals surface area contributed by atoms with E-state index in [-0.39, 0.29) is 6.61 Å². The Morgan fingerprint density at radius 3 is 2.69 bits per heavy atom. The lowest BCUT2D eigenvalue weighted by atomic mass is 10.2. The first-order chi connectivity index (χ1) is 7.70. The smallest absolute Gasteiger partial charge is 0.338 e. The van der Waals surface area contributed by atoms with Crippen molar-refractivity contribution in [2.75, 3.05) is 6.61 Å². The minimum absolute atomic E-state index is 0.0337. The first-order valence-corrected chi connectivity index (χ1v) is 4.49. The molecule has 3 N–H and O–H groups in total. The standard InChI is InChI=1S/C10H11N3O3/c11-10(15)13-12-6-7-16-9(14)8-4-2-1-3-5-8/h1-6H,7H2,(H3,11,13,15). The highest BCUT2D eigenvalue weighted by atomic mass is 16.5. The summed E-state index contributed by atoms with van der Waals surface area (Å²) in [6.07, 6.45) is 1.23. The Kier molecular flexibility index (Phi) is 4.52. The number of nitrogens with one attached hydrogen (secondary N) is 1. The molecule has 0 aliphatic carbocycles. The van der Waals surface area contributed by atoms with Gasteiger partial charge in [0.15, 0.2) is 0 Å². The maximum absolute atomic E-state index is 11.3. The molecule has 16 heavy (non-hydrogen) atoms. The zero-order chi connectivity index (χ0) is 11.8. The molecule has 0 radical (unpaired) electrons. The highest BCUT2D eigenvalue weighted by Crippen LogP contribution is 1.99. The lowest BCUT2D eigenvalue weighted by molar-refractivity contribution is 0.0567. The van der Waals surface area contributed by atoms with Gasteiger partial charge in [-0.05, 0) is 12.1 Å². The molecule has 84 valence electrons. The molecule has 0 aliphatic heterocycles. The number of amides is 2. The van der Waals surface area contributed by atoms with Gasteiger partial charge in [0.1, 0.15) is 6.61 Å². The summed E-state index contributed by atoms with van der Waals surface area (Å²) >= 11 is 0. The number of hydrogen-bond acceptors (Lipinski definition) is 4. The highest BCUT2D eigenvalue weighted by molar-refractivity contribution is 5.90. The molecule has 0 heterocycles. The van der Waals surface area contributed by atoms with E-state index in [1.165, 1.54) is 6.21 Å². The van der Waals surface area contributed by atoms with Gasteiger partial charge in [0.05, 0.1) is 11.8 Å². The number of benzene rings is 1. The number of carbonyl (C=O) groups is 2. The van der Waals surface area contributed by atoms with Gasteiger partial charge in [0.25, 0.3) is 0 Å². The monoisotopic (exact) mass is 221 g/mol. The second-order valence-electron chi connectivity index (χ2n) is 2.75. The zero-order valence-electron chi connectivity index (χ0n) is 8.42. The Bertz CT molecular complexity index is 390. The number of nitrogens with two attached hydrogens (primary N) is 1. The van der Waals surface area contributed by atoms with Crippen LogP contribution in [-0.2, 0) is 4.74 Å². The molecule has 1 rings (SSSR count). The topological polar surface area (TPSA) is 93.8 Å². The third-order valence-electron chi connectivity index (χ3n) is 1.56. The SMILES string of the molecule is NC(=O)NN=CCOC(=O)c1ccccc1. The van der Waals surface area contributed by atoms with Crippen LogP contribution >= 0.6 is 0 Å². The molecule has 0 saturated heterocycles. The molecule has 0 aromatic heterocycles. The predicted molar refractivity (Wildman–Crippen MR) is 57.9 cm³/mol. The van der Waals surface area contributed by atoms with Crippen molar-refractivity contribution in [3.63, 3.8) is 0 Å². The van der Waals surface area contributed by atoms with Crippen LogP contribution in [0.1, 0.15) is 10.4 Å². The van der Waals surface area contributed by atoms with Gasteiger partial charge in [-0.25, -0.2) is 15.0 Å². The van der Waals surface area contributed by atoms with Gasteiger partial charge in [-0.2, -0.15) is 5.10 Å². The number of carbonyl (C=O) groups excluding carboxylic acids is 2. The first kappa shape index (κ1) is 11.7. The van der Waals surface area contributed by atoms with Crippen LogP contribution in [0.25, 0.3) is 0 Å². The maximum Gasteiger partial charge on any atom is 0.338 e. The Balaban J connectivity index is 2.31. The molecule has 0 spiro atoms. The van der Waals surface area contributed by atoms with Gasteiger partial charge in [-0.15, -0.1) is 0 Å². The van der Waals surface area contributed by atoms with E-state index in [1.54, 1.807) is 30.3 Å². The molecule has 0 saturated carbocycles. The average molecular weight is 221 g/mol. The lowest BCUT2D eigenvalue weighted by Crippen LogP contribution is -2.24. The number of primary amides is 1. The minimum Gasteiger partial charge on any atom is -0.456 e. The van der Waals surface area contributed by atoms with E-state index in [1.807, 2.05) is 5.43 Å². The first-order valence-electron chi connectivity index (χ1n) is 4.49. The van der Waals surface area contributed by atoms with Crippen molar-refractivity contribution in [1.82, 2.24) is 5.43 Å². The quantitative estimate of drug-likeness (QED) is 0.440. The average Bonchev–Trinajstić information content (AvgIpc) is 2.29. The van der Waals surface area contributed by atoms with Gasteiger partial charge in [0, 0.05) is 0 Å². The largest absolute Gasteiger partial charge is 0.456 e. The number of urea groups is 1. The molecule has 0 fully saturated rings. The van der Waals surface area contributed by atoms with Crippen molar-refractivity contribution < 1.29 is 14.3 Å². The van der Waals surface area contributed by atoms with E-state index in [0.717, 1.165) is 0 Å². The molecule has 6 heteroatoms. The van der Waals surface area contributed by atoms with Gasteiger partial charge in [-0.1, -0.05) is 18.2 Å². The van der Waals surface area contributed by atoms with Gasteiger partial charge in [-0.3, -0.25) is 0 Å². The second kappa shape index (κ2) is 6.18. The van der Waals surface area contributed by atoms with Gasteiger partial charge in [0.2, 0.25) is 0 Å². The second-order valence-corrected chi connectivity index (χ2v) is 2.75. The van der Waals surface area contributed by atoms with Crippen molar-refractivity contribution in [1.29, 1.82) is 0 Å². The Labute approximate surface area is 92.1 Å². The summed E-state index contributed by atoms with van der Waals surface area (Å²) in [6.45, 7) is -0.0337. The molecule has 1 aromatic carbocycles. The van der Waals surface area contributed by atoms with E-state index >= 15 is 0 Å². The predicted octanol–water partition coefficient (Wildman–Crippen LogP) is 0.497. The van der Waals surface area contributed by atoms with Crippen molar-refractivity contribution in [3.8, 4) is 0 Å². The minimum atomic E-state index is -0.773. The van der Waals surface area contributed by atoms with Crippen LogP contribution in [0, 0.1) is 0 Å². The van der Waals surface area contributed by atoms with Crippen LogP contribution in [0.3, 0.4) is 0 Å². The normalized spacial score (nSPS) is 10.0. The fraction of sp³-hybridized carbons (Fsp3) is 0.100. The molecule has 0 unspecified atom stereocenters. The van der Waals surface area contributed by atoms with Crippen LogP contribution in [-0.4, -0.2) is 24.8 Å². The van der Waals surface area contributed by atoms with E-state index in [0.29, 0.717) is 5.56 Å². The Hall–Kier alpha value is -2.37. The molecule has 6 nitrogen and oxygen atoms in total. The zero-order valence-corrected chi connectivity index (χ0v) is 8.42. The lowest BCUT2D eigenvalue weighted by Gasteiger charge is -2.00. The van der Waals surface area contributed by atoms with Crippen LogP contribution in [0.5, 0.6) is 0 Å². The maximum atomic E-state index is 11.3. The van der Waals surface area contributed by atoms with Gasteiger partial charge < -0.3 is 10.5 Å². The van der Waals surface area contributed by atoms with Crippen LogP contribution in [0.2, 0.25) is 0 Å². The molecular weight excluding hydrogens is 210 g/mol. The molecule has 0 atom stereocenters. The fourth-order valence-corrected chi connectivity index (χ4v) is 0.917. The molecule has 2 amide bonds. The van der Waals surface area contributed by atoms with E-state index < -0.39 is 12.0 Å². The summed E-state index contributed by atoms with van der Waals surface area (Å²) in [5.74, 6) is -0.453. The van der Waals surface area contributed by atoms with Crippen LogP contribution < -0.4 is 11.2 Å². The summed E-state index contributed by atoms with van der Waals surface area (Å²) in [7, 11) is 0. The molecular formula is C10H11N3O3. The van der Waals surface area contributed by atoms with E-state index in [9.17, 15) is 9.59 Å². The van der Waals surface area contributed by atoms with Crippen molar-refractivity contribution in [3.05, 3.63) is 35.9 Å². The van der Waals surface area contributed by atoms with E-state index in [2.05, 4.69) is 5.10 Å².